The van der Waals surface area contributed by atoms with Gasteiger partial charge in [-0.2, -0.15) is 0 Å². The molecule has 0 aromatic rings. The van der Waals surface area contributed by atoms with Gasteiger partial charge in [-0.25, -0.2) is 0 Å². The molecule has 90 valence electrons. The van der Waals surface area contributed by atoms with Crippen molar-refractivity contribution in [2.24, 2.45) is 17.8 Å². The predicted molar refractivity (Wildman–Crippen MR) is 60.9 cm³/mol. The Bertz CT molecular complexity index is 277. The van der Waals surface area contributed by atoms with Crippen molar-refractivity contribution >= 4 is 6.29 Å². The summed E-state index contributed by atoms with van der Waals surface area (Å²) in [5.74, 6) is 0.871. The van der Waals surface area contributed by atoms with Crippen molar-refractivity contribution in [3.63, 3.8) is 0 Å². The fraction of sp³-hybridized carbons (Fsp3) is 0.769. The van der Waals surface area contributed by atoms with Gasteiger partial charge < -0.3 is 14.3 Å². The van der Waals surface area contributed by atoms with Gasteiger partial charge in [0.1, 0.15) is 6.29 Å². The quantitative estimate of drug-likeness (QED) is 0.532. The van der Waals surface area contributed by atoms with E-state index in [-0.39, 0.29) is 12.2 Å². The summed E-state index contributed by atoms with van der Waals surface area (Å²) >= 11 is 0. The molecule has 0 N–H and O–H groups in total. The van der Waals surface area contributed by atoms with E-state index in [1.807, 2.05) is 0 Å². The fourth-order valence-corrected chi connectivity index (χ4v) is 2.56. The Hall–Kier alpha value is -0.670. The Labute approximate surface area is 96.8 Å². The summed E-state index contributed by atoms with van der Waals surface area (Å²) in [5, 5.41) is 0. The van der Waals surface area contributed by atoms with Crippen LogP contribution in [-0.4, -0.2) is 25.8 Å². The molecule has 0 saturated carbocycles. The normalized spacial score (nSPS) is 40.2. The van der Waals surface area contributed by atoms with Gasteiger partial charge in [-0.05, 0) is 25.7 Å². The number of allylic oxidation sites excluding steroid dienone is 2. The first kappa shape index (κ1) is 11.8. The van der Waals surface area contributed by atoms with E-state index in [9.17, 15) is 4.79 Å². The van der Waals surface area contributed by atoms with E-state index >= 15 is 0 Å². The highest BCUT2D eigenvalue weighted by Crippen LogP contribution is 2.33. The Morgan fingerprint density at radius 1 is 1.38 bits per heavy atom. The van der Waals surface area contributed by atoms with Crippen molar-refractivity contribution in [2.75, 3.05) is 13.2 Å². The monoisotopic (exact) mass is 224 g/mol. The third-order valence-electron chi connectivity index (χ3n) is 3.59. The summed E-state index contributed by atoms with van der Waals surface area (Å²) in [6.45, 7) is 5.42. The lowest BCUT2D eigenvalue weighted by atomic mass is 9.81. The van der Waals surface area contributed by atoms with Crippen LogP contribution >= 0.6 is 0 Å². The predicted octanol–water partition coefficient (Wildman–Crippen LogP) is 2.17. The third kappa shape index (κ3) is 2.53. The zero-order valence-corrected chi connectivity index (χ0v) is 10.0. The molecule has 0 amide bonds. The average molecular weight is 224 g/mol. The number of ether oxygens (including phenoxy) is 2. The van der Waals surface area contributed by atoms with Crippen molar-refractivity contribution < 1.29 is 14.3 Å². The average Bonchev–Trinajstić information content (AvgIpc) is 2.29. The van der Waals surface area contributed by atoms with Gasteiger partial charge in [0.05, 0.1) is 19.1 Å². The molecular weight excluding hydrogens is 204 g/mol. The van der Waals surface area contributed by atoms with E-state index in [1.165, 1.54) is 5.57 Å². The lowest BCUT2D eigenvalue weighted by Crippen LogP contribution is -2.40. The SMILES string of the molecule is CC1=CC(C)C(C2OCC(C=O)CO2)CC1. The third-order valence-corrected chi connectivity index (χ3v) is 3.59. The van der Waals surface area contributed by atoms with Gasteiger partial charge in [0, 0.05) is 5.92 Å². The van der Waals surface area contributed by atoms with Gasteiger partial charge in [-0.1, -0.05) is 18.6 Å². The highest BCUT2D eigenvalue weighted by atomic mass is 16.7. The first-order valence-electron chi connectivity index (χ1n) is 6.06. The molecule has 3 heteroatoms. The fourth-order valence-electron chi connectivity index (χ4n) is 2.56. The lowest BCUT2D eigenvalue weighted by molar-refractivity contribution is -0.226. The maximum atomic E-state index is 10.6. The molecule has 0 aromatic heterocycles. The summed E-state index contributed by atoms with van der Waals surface area (Å²) in [4.78, 5) is 10.6. The first-order chi connectivity index (χ1) is 7.70. The maximum absolute atomic E-state index is 10.6. The van der Waals surface area contributed by atoms with Crippen molar-refractivity contribution in [3.8, 4) is 0 Å². The Balaban J connectivity index is 1.92. The molecule has 3 nitrogen and oxygen atoms in total. The second-order valence-electron chi connectivity index (χ2n) is 5.01. The summed E-state index contributed by atoms with van der Waals surface area (Å²) in [6, 6.07) is 0. The lowest BCUT2D eigenvalue weighted by Gasteiger charge is -2.37. The zero-order chi connectivity index (χ0) is 11.5. The Kier molecular flexibility index (Phi) is 3.77. The largest absolute Gasteiger partial charge is 0.352 e. The van der Waals surface area contributed by atoms with Gasteiger partial charge in [-0.15, -0.1) is 0 Å². The Morgan fingerprint density at radius 2 is 2.06 bits per heavy atom. The summed E-state index contributed by atoms with van der Waals surface area (Å²) < 4.78 is 11.3. The molecule has 16 heavy (non-hydrogen) atoms. The van der Waals surface area contributed by atoms with Crippen LogP contribution in [0.2, 0.25) is 0 Å². The molecule has 1 heterocycles. The number of carbonyl (C=O) groups is 1. The molecule has 2 unspecified atom stereocenters. The minimum Gasteiger partial charge on any atom is -0.352 e. The molecule has 0 radical (unpaired) electrons. The highest BCUT2D eigenvalue weighted by molar-refractivity contribution is 5.53. The van der Waals surface area contributed by atoms with Gasteiger partial charge in [-0.3, -0.25) is 0 Å². The van der Waals surface area contributed by atoms with E-state index in [0.29, 0.717) is 25.0 Å². The number of aldehydes is 1. The van der Waals surface area contributed by atoms with E-state index in [1.54, 1.807) is 0 Å². The van der Waals surface area contributed by atoms with Gasteiger partial charge in [0.25, 0.3) is 0 Å². The summed E-state index contributed by atoms with van der Waals surface area (Å²) in [6.07, 6.45) is 5.38. The number of carbonyl (C=O) groups excluding carboxylic acids is 1. The van der Waals surface area contributed by atoms with Crippen LogP contribution in [0.15, 0.2) is 11.6 Å². The molecule has 1 aliphatic carbocycles. The molecule has 1 fully saturated rings. The Morgan fingerprint density at radius 3 is 2.62 bits per heavy atom. The summed E-state index contributed by atoms with van der Waals surface area (Å²) in [7, 11) is 0. The van der Waals surface area contributed by atoms with Crippen LogP contribution in [0, 0.1) is 17.8 Å². The standard InChI is InChI=1S/C13H20O3/c1-9-3-4-12(10(2)5-9)13-15-7-11(6-14)8-16-13/h5-6,10-13H,3-4,7-8H2,1-2H3. The van der Waals surface area contributed by atoms with E-state index in [2.05, 4.69) is 19.9 Å². The van der Waals surface area contributed by atoms with Crippen molar-refractivity contribution in [2.45, 2.75) is 33.0 Å². The molecule has 0 bridgehead atoms. The smallest absolute Gasteiger partial charge is 0.160 e. The van der Waals surface area contributed by atoms with E-state index in [0.717, 1.165) is 19.1 Å². The van der Waals surface area contributed by atoms with Gasteiger partial charge in [0.2, 0.25) is 0 Å². The molecule has 1 aliphatic heterocycles. The molecule has 0 aromatic carbocycles. The van der Waals surface area contributed by atoms with E-state index < -0.39 is 0 Å². The van der Waals surface area contributed by atoms with E-state index in [4.69, 9.17) is 9.47 Å². The highest BCUT2D eigenvalue weighted by Gasteiger charge is 2.33. The minimum atomic E-state index is -0.115. The van der Waals surface area contributed by atoms with Crippen LogP contribution < -0.4 is 0 Å². The van der Waals surface area contributed by atoms with Crippen LogP contribution in [0.1, 0.15) is 26.7 Å². The number of hydrogen-bond donors (Lipinski definition) is 0. The maximum Gasteiger partial charge on any atom is 0.160 e. The minimum absolute atomic E-state index is 0.0765. The van der Waals surface area contributed by atoms with Crippen molar-refractivity contribution in [1.29, 1.82) is 0 Å². The number of rotatable bonds is 2. The zero-order valence-electron chi connectivity index (χ0n) is 10.0. The molecule has 2 atom stereocenters. The molecule has 2 aliphatic rings. The topological polar surface area (TPSA) is 35.5 Å². The van der Waals surface area contributed by atoms with Gasteiger partial charge >= 0.3 is 0 Å². The van der Waals surface area contributed by atoms with Crippen LogP contribution in [0.3, 0.4) is 0 Å². The van der Waals surface area contributed by atoms with Crippen LogP contribution in [0.5, 0.6) is 0 Å². The molecule has 1 saturated heterocycles. The second-order valence-corrected chi connectivity index (χ2v) is 5.01. The van der Waals surface area contributed by atoms with Crippen LogP contribution in [0.4, 0.5) is 0 Å². The van der Waals surface area contributed by atoms with Crippen molar-refractivity contribution in [3.05, 3.63) is 11.6 Å². The summed E-state index contributed by atoms with van der Waals surface area (Å²) in [5.41, 5.74) is 1.46. The molecular formula is C13H20O3. The number of hydrogen-bond acceptors (Lipinski definition) is 3. The molecule has 2 rings (SSSR count). The first-order valence-corrected chi connectivity index (χ1v) is 6.06. The van der Waals surface area contributed by atoms with Crippen LogP contribution in [0.25, 0.3) is 0 Å². The van der Waals surface area contributed by atoms with Crippen LogP contribution in [-0.2, 0) is 14.3 Å². The van der Waals surface area contributed by atoms with Crippen molar-refractivity contribution in [1.82, 2.24) is 0 Å². The second kappa shape index (κ2) is 5.11. The van der Waals surface area contributed by atoms with Gasteiger partial charge in [0.15, 0.2) is 6.29 Å². The molecule has 0 spiro atoms.